The van der Waals surface area contributed by atoms with Gasteiger partial charge in [-0.3, -0.25) is 4.79 Å². The Labute approximate surface area is 188 Å². The van der Waals surface area contributed by atoms with E-state index in [1.54, 1.807) is 25.3 Å². The van der Waals surface area contributed by atoms with Crippen molar-refractivity contribution in [3.05, 3.63) is 70.4 Å². The number of rotatable bonds is 12. The number of nitrogens with one attached hydrogen (secondary N) is 1. The minimum Gasteiger partial charge on any atom is -0.396 e. The maximum atomic E-state index is 13.2. The van der Waals surface area contributed by atoms with E-state index in [0.29, 0.717) is 25.0 Å². The fourth-order valence-electron chi connectivity index (χ4n) is 3.10. The lowest BCUT2D eigenvalue weighted by Gasteiger charge is -2.16. The monoisotopic (exact) mass is 445 g/mol. The van der Waals surface area contributed by atoms with Gasteiger partial charge in [0.05, 0.1) is 11.9 Å². The third-order valence-electron chi connectivity index (χ3n) is 4.98. The number of carbonyl (C=O) groups excluding carboxylic acids is 1. The van der Waals surface area contributed by atoms with Crippen LogP contribution in [-0.2, 0) is 20.9 Å². The van der Waals surface area contributed by atoms with Crippen molar-refractivity contribution in [2.75, 3.05) is 13.7 Å². The van der Waals surface area contributed by atoms with Gasteiger partial charge in [0.25, 0.3) is 5.91 Å². The number of hydrogen-bond donors (Lipinski definition) is 2. The topological polar surface area (TPSA) is 85.1 Å². The number of halogens is 1. The third kappa shape index (κ3) is 7.40. The van der Waals surface area contributed by atoms with Gasteiger partial charge in [0, 0.05) is 32.9 Å². The van der Waals surface area contributed by atoms with Gasteiger partial charge >= 0.3 is 0 Å². The largest absolute Gasteiger partial charge is 0.396 e. The summed E-state index contributed by atoms with van der Waals surface area (Å²) in [6.07, 6.45) is 4.75. The second kappa shape index (κ2) is 12.9. The molecule has 0 radical (unpaired) electrons. The van der Waals surface area contributed by atoms with E-state index in [4.69, 9.17) is 9.57 Å². The number of aromatic nitrogens is 1. The highest BCUT2D eigenvalue weighted by Gasteiger charge is 2.16. The van der Waals surface area contributed by atoms with E-state index in [0.717, 1.165) is 23.2 Å². The number of amides is 1. The normalized spacial score (nSPS) is 13.3. The highest BCUT2D eigenvalue weighted by molar-refractivity contribution is 5.96. The Kier molecular flexibility index (Phi) is 10.3. The lowest BCUT2D eigenvalue weighted by molar-refractivity contribution is -0.177. The van der Waals surface area contributed by atoms with Gasteiger partial charge in [0.2, 0.25) is 0 Å². The molecule has 1 amide bonds. The molecule has 1 heterocycles. The van der Waals surface area contributed by atoms with E-state index >= 15 is 0 Å². The summed E-state index contributed by atoms with van der Waals surface area (Å²) in [6.45, 7) is 6.11. The Bertz CT molecular complexity index is 935. The van der Waals surface area contributed by atoms with Crippen LogP contribution in [0.3, 0.4) is 0 Å². The lowest BCUT2D eigenvalue weighted by atomic mass is 10.1. The van der Waals surface area contributed by atoms with E-state index in [2.05, 4.69) is 10.5 Å². The molecule has 1 atom stereocenters. The van der Waals surface area contributed by atoms with E-state index < -0.39 is 12.2 Å². The number of methoxy groups -OCH3 is 1. The molecule has 1 aromatic heterocycles. The molecule has 0 spiro atoms. The summed E-state index contributed by atoms with van der Waals surface area (Å²) >= 11 is 0. The molecule has 0 aliphatic heterocycles. The third-order valence-corrected chi connectivity index (χ3v) is 4.98. The van der Waals surface area contributed by atoms with Gasteiger partial charge in [-0.25, -0.2) is 19.7 Å². The molecule has 32 heavy (non-hydrogen) atoms. The molecule has 1 unspecified atom stereocenters. The smallest absolute Gasteiger partial charge is 0.293 e. The molecule has 0 bridgehead atoms. The van der Waals surface area contributed by atoms with E-state index in [1.165, 1.54) is 19.2 Å². The maximum Gasteiger partial charge on any atom is 0.293 e. The zero-order valence-corrected chi connectivity index (χ0v) is 19.1. The molecule has 2 rings (SSSR count). The van der Waals surface area contributed by atoms with Crippen molar-refractivity contribution in [2.45, 2.75) is 52.9 Å². The van der Waals surface area contributed by atoms with Crippen molar-refractivity contribution in [1.29, 1.82) is 0 Å². The van der Waals surface area contributed by atoms with Crippen LogP contribution in [0, 0.1) is 12.7 Å². The average Bonchev–Trinajstić information content (AvgIpc) is 3.12. The van der Waals surface area contributed by atoms with Gasteiger partial charge in [-0.2, -0.15) is 0 Å². The van der Waals surface area contributed by atoms with Crippen molar-refractivity contribution >= 4 is 12.1 Å². The van der Waals surface area contributed by atoms with E-state index in [-0.39, 0.29) is 18.1 Å². The Morgan fingerprint density at radius 1 is 1.31 bits per heavy atom. The molecule has 174 valence electrons. The van der Waals surface area contributed by atoms with Crippen molar-refractivity contribution in [2.24, 2.45) is 4.99 Å². The molecule has 0 saturated carbocycles. The van der Waals surface area contributed by atoms with Gasteiger partial charge in [0.1, 0.15) is 11.5 Å². The number of carbonyl (C=O) groups is 1. The second-order valence-electron chi connectivity index (χ2n) is 7.50. The Balaban J connectivity index is 2.23. The maximum absolute atomic E-state index is 13.2. The van der Waals surface area contributed by atoms with Crippen LogP contribution in [0.25, 0.3) is 0 Å². The highest BCUT2D eigenvalue weighted by atomic mass is 19.1. The molecular formula is C24H32FN3O4. The summed E-state index contributed by atoms with van der Waals surface area (Å²) < 4.78 is 20.4. The molecule has 0 aliphatic carbocycles. The Hall–Kier alpha value is -2.81. The summed E-state index contributed by atoms with van der Waals surface area (Å²) in [5, 5.41) is 9.32. The summed E-state index contributed by atoms with van der Waals surface area (Å²) in [6, 6.07) is 8.26. The first-order chi connectivity index (χ1) is 15.4. The number of hydroxylamine groups is 1. The van der Waals surface area contributed by atoms with Crippen LogP contribution < -0.4 is 5.48 Å². The number of ether oxygens (including phenoxy) is 1. The fraction of sp³-hybridized carbons (Fsp3) is 0.417. The first-order valence-corrected chi connectivity index (χ1v) is 10.6. The lowest BCUT2D eigenvalue weighted by Crippen LogP contribution is -2.31. The second-order valence-corrected chi connectivity index (χ2v) is 7.50. The SMILES string of the molecule is CCCC(OC)ONC(=O)/C(N=Cc1c(C)ccn1Cc1ccc(F)cc1)=C(/C)CCO. The minimum absolute atomic E-state index is 0.102. The first kappa shape index (κ1) is 25.5. The van der Waals surface area contributed by atoms with Crippen LogP contribution >= 0.6 is 0 Å². The number of aliphatic hydroxyl groups is 1. The molecule has 2 N–H and O–H groups in total. The molecule has 2 aromatic rings. The van der Waals surface area contributed by atoms with Gasteiger partial charge in [-0.05, 0) is 55.2 Å². The van der Waals surface area contributed by atoms with Crippen LogP contribution in [0.5, 0.6) is 0 Å². The average molecular weight is 446 g/mol. The summed E-state index contributed by atoms with van der Waals surface area (Å²) in [5.41, 5.74) is 5.94. The zero-order chi connectivity index (χ0) is 23.5. The molecule has 1 aromatic carbocycles. The minimum atomic E-state index is -0.553. The van der Waals surface area contributed by atoms with Crippen LogP contribution in [0.15, 0.2) is 52.8 Å². The zero-order valence-electron chi connectivity index (χ0n) is 19.1. The summed E-state index contributed by atoms with van der Waals surface area (Å²) in [7, 11) is 1.51. The van der Waals surface area contributed by atoms with Crippen LogP contribution in [0.2, 0.25) is 0 Å². The Morgan fingerprint density at radius 3 is 2.66 bits per heavy atom. The van der Waals surface area contributed by atoms with E-state index in [9.17, 15) is 14.3 Å². The number of aryl methyl sites for hydroxylation is 1. The van der Waals surface area contributed by atoms with Gasteiger partial charge in [0.15, 0.2) is 6.29 Å². The van der Waals surface area contributed by atoms with Crippen molar-refractivity contribution in [1.82, 2.24) is 10.0 Å². The molecule has 8 heteroatoms. The summed E-state index contributed by atoms with van der Waals surface area (Å²) in [4.78, 5) is 22.5. The predicted octanol–water partition coefficient (Wildman–Crippen LogP) is 3.88. The van der Waals surface area contributed by atoms with Crippen molar-refractivity contribution < 1.29 is 23.9 Å². The van der Waals surface area contributed by atoms with Crippen molar-refractivity contribution in [3.63, 3.8) is 0 Å². The quantitative estimate of drug-likeness (QED) is 0.225. The molecule has 0 fully saturated rings. The summed E-state index contributed by atoms with van der Waals surface area (Å²) in [5.74, 6) is -0.795. The molecular weight excluding hydrogens is 413 g/mol. The van der Waals surface area contributed by atoms with Crippen LogP contribution in [0.1, 0.15) is 49.9 Å². The first-order valence-electron chi connectivity index (χ1n) is 10.6. The van der Waals surface area contributed by atoms with Crippen molar-refractivity contribution in [3.8, 4) is 0 Å². The van der Waals surface area contributed by atoms with E-state index in [1.807, 2.05) is 30.7 Å². The fourth-order valence-corrected chi connectivity index (χ4v) is 3.10. The number of benzene rings is 1. The van der Waals surface area contributed by atoms with Gasteiger partial charge in [-0.1, -0.05) is 25.5 Å². The standard InChI is InChI=1S/C24H32FN3O4/c1-5-6-22(31-4)32-27-24(30)23(18(3)12-14-29)26-15-21-17(2)11-13-28(21)16-19-7-9-20(25)10-8-19/h7-11,13,15,22,29H,5-6,12,14,16H2,1-4H3,(H,27,30)/b23-18+,26-15?. The molecule has 0 aliphatic rings. The molecule has 7 nitrogen and oxygen atoms in total. The number of aliphatic imine (C=N–C) groups is 1. The van der Waals surface area contributed by atoms with Crippen LogP contribution in [-0.4, -0.2) is 41.8 Å². The predicted molar refractivity (Wildman–Crippen MR) is 122 cm³/mol. The number of aliphatic hydroxyl groups excluding tert-OH is 1. The van der Waals surface area contributed by atoms with Gasteiger partial charge < -0.3 is 14.4 Å². The molecule has 0 saturated heterocycles. The number of hydrogen-bond acceptors (Lipinski definition) is 5. The highest BCUT2D eigenvalue weighted by Crippen LogP contribution is 2.15. The number of nitrogens with zero attached hydrogens (tertiary/aromatic N) is 2. The van der Waals surface area contributed by atoms with Crippen LogP contribution in [0.4, 0.5) is 4.39 Å². The van der Waals surface area contributed by atoms with Gasteiger partial charge in [-0.15, -0.1) is 0 Å². The Morgan fingerprint density at radius 2 is 2.03 bits per heavy atom.